The van der Waals surface area contributed by atoms with E-state index in [1.807, 2.05) is 0 Å². The van der Waals surface area contributed by atoms with E-state index in [4.69, 9.17) is 9.47 Å². The van der Waals surface area contributed by atoms with Crippen LogP contribution in [-0.2, 0) is 28.7 Å². The maximum Gasteiger partial charge on any atom is 0.316 e. The van der Waals surface area contributed by atoms with Gasteiger partial charge in [-0.2, -0.15) is 0 Å². The predicted molar refractivity (Wildman–Crippen MR) is 146 cm³/mol. The lowest BCUT2D eigenvalue weighted by Crippen LogP contribution is -2.25. The van der Waals surface area contributed by atoms with Crippen molar-refractivity contribution in [3.05, 3.63) is 59.7 Å². The molecule has 0 aromatic heterocycles. The number of aliphatic hydroxyl groups is 1. The number of aliphatic hydroxyl groups excluding tert-OH is 1. The number of ether oxygens (including phenoxy) is 4. The smallest absolute Gasteiger partial charge is 0.316 e. The monoisotopic (exact) mass is 558 g/mol. The summed E-state index contributed by atoms with van der Waals surface area (Å²) in [6.45, 7) is 10.6. The van der Waals surface area contributed by atoms with Gasteiger partial charge in [-0.15, -0.1) is 0 Å². The fraction of sp³-hybridized carbons (Fsp3) is 0.433. The fourth-order valence-corrected chi connectivity index (χ4v) is 2.65. The van der Waals surface area contributed by atoms with Crippen molar-refractivity contribution in [3.8, 4) is 11.5 Å². The summed E-state index contributed by atoms with van der Waals surface area (Å²) in [5.41, 5.74) is -0.250. The van der Waals surface area contributed by atoms with Gasteiger partial charge in [-0.1, -0.05) is 12.1 Å². The Labute approximate surface area is 234 Å². The number of rotatable bonds is 8. The Morgan fingerprint density at radius 1 is 0.675 bits per heavy atom. The highest BCUT2D eigenvalue weighted by Gasteiger charge is 2.24. The molecule has 0 bridgehead atoms. The molecule has 1 atom stereocenters. The van der Waals surface area contributed by atoms with Crippen LogP contribution in [0, 0.1) is 10.8 Å². The molecule has 0 aliphatic carbocycles. The summed E-state index contributed by atoms with van der Waals surface area (Å²) in [5.74, 6) is -1.34. The van der Waals surface area contributed by atoms with Crippen LogP contribution in [0.3, 0.4) is 0 Å². The zero-order valence-electron chi connectivity index (χ0n) is 24.2. The van der Waals surface area contributed by atoms with Crippen LogP contribution in [0.2, 0.25) is 0 Å². The van der Waals surface area contributed by atoms with Gasteiger partial charge in [-0.3, -0.25) is 24.0 Å². The number of benzene rings is 2. The quantitative estimate of drug-likeness (QED) is 0.211. The van der Waals surface area contributed by atoms with Gasteiger partial charge >= 0.3 is 23.9 Å². The average Bonchev–Trinajstić information content (AvgIpc) is 2.88. The maximum atomic E-state index is 11.7. The van der Waals surface area contributed by atoms with Crippen molar-refractivity contribution in [1.82, 2.24) is 0 Å². The Balaban J connectivity index is 0.000000400. The fourth-order valence-electron chi connectivity index (χ4n) is 2.65. The first-order valence-electron chi connectivity index (χ1n) is 12.5. The summed E-state index contributed by atoms with van der Waals surface area (Å²) >= 11 is 0. The summed E-state index contributed by atoms with van der Waals surface area (Å²) in [6.07, 6.45) is -1.36. The van der Waals surface area contributed by atoms with Gasteiger partial charge in [-0.05, 0) is 83.5 Å². The Kier molecular flexibility index (Phi) is 12.7. The highest BCUT2D eigenvalue weighted by Crippen LogP contribution is 2.23. The van der Waals surface area contributed by atoms with Gasteiger partial charge in [0.05, 0.1) is 37.6 Å². The Bertz CT molecular complexity index is 1170. The van der Waals surface area contributed by atoms with Gasteiger partial charge in [-0.25, -0.2) is 0 Å². The lowest BCUT2D eigenvalue weighted by molar-refractivity contribution is -0.143. The predicted octanol–water partition coefficient (Wildman–Crippen LogP) is 4.62. The minimum absolute atomic E-state index is 0.113. The third kappa shape index (κ3) is 11.8. The van der Waals surface area contributed by atoms with Crippen LogP contribution >= 0.6 is 0 Å². The molecule has 0 saturated carbocycles. The standard InChI is InChI=1S/C15H20O5.C15H18O5/c2*1-15(2,3)14(18)20-11-7-5-10(6-8-11)12(16)9-13(17)19-4/h5-8,12,16H,9H2,1-4H3;5-8H,9H2,1-4H3. The Morgan fingerprint density at radius 2 is 1.07 bits per heavy atom. The molecule has 218 valence electrons. The lowest BCUT2D eigenvalue weighted by Gasteiger charge is -2.16. The summed E-state index contributed by atoms with van der Waals surface area (Å²) in [7, 11) is 2.49. The summed E-state index contributed by atoms with van der Waals surface area (Å²) in [4.78, 5) is 57.2. The van der Waals surface area contributed by atoms with E-state index in [2.05, 4.69) is 9.47 Å². The Morgan fingerprint density at radius 3 is 1.45 bits per heavy atom. The number of Topliss-reactive ketones (excluding diaryl/α,β-unsaturated/α-hetero) is 1. The van der Waals surface area contributed by atoms with Crippen molar-refractivity contribution in [3.63, 3.8) is 0 Å². The third-order valence-corrected chi connectivity index (χ3v) is 5.21. The molecule has 2 rings (SSSR count). The van der Waals surface area contributed by atoms with Crippen molar-refractivity contribution in [2.24, 2.45) is 10.8 Å². The molecule has 2 aromatic carbocycles. The molecule has 1 N–H and O–H groups in total. The maximum absolute atomic E-state index is 11.7. The zero-order chi connectivity index (χ0) is 30.7. The molecule has 0 amide bonds. The minimum atomic E-state index is -0.935. The largest absolute Gasteiger partial charge is 0.469 e. The molecule has 0 heterocycles. The first-order valence-corrected chi connectivity index (χ1v) is 12.5. The van der Waals surface area contributed by atoms with Crippen molar-refractivity contribution in [2.75, 3.05) is 14.2 Å². The molecular formula is C30H38O10. The van der Waals surface area contributed by atoms with Gasteiger partial charge in [0.25, 0.3) is 0 Å². The van der Waals surface area contributed by atoms with Gasteiger partial charge in [0.1, 0.15) is 17.9 Å². The lowest BCUT2D eigenvalue weighted by atomic mass is 9.97. The van der Waals surface area contributed by atoms with Crippen LogP contribution in [-0.4, -0.2) is 49.0 Å². The van der Waals surface area contributed by atoms with E-state index in [1.54, 1.807) is 65.8 Å². The van der Waals surface area contributed by atoms with E-state index < -0.39 is 28.9 Å². The van der Waals surface area contributed by atoms with Crippen molar-refractivity contribution >= 4 is 29.7 Å². The molecule has 40 heavy (non-hydrogen) atoms. The van der Waals surface area contributed by atoms with Gasteiger partial charge in [0.2, 0.25) is 0 Å². The van der Waals surface area contributed by atoms with Crippen LogP contribution in [0.1, 0.15) is 76.4 Å². The van der Waals surface area contributed by atoms with Gasteiger partial charge in [0, 0.05) is 5.56 Å². The Hall–Kier alpha value is -4.05. The molecule has 0 spiro atoms. The molecule has 10 heteroatoms. The van der Waals surface area contributed by atoms with E-state index in [1.165, 1.54) is 38.5 Å². The first kappa shape index (κ1) is 34.0. The second-order valence-electron chi connectivity index (χ2n) is 10.8. The second-order valence-corrected chi connectivity index (χ2v) is 10.8. The number of hydrogen-bond donors (Lipinski definition) is 1. The summed E-state index contributed by atoms with van der Waals surface area (Å²) in [5, 5.41) is 9.82. The van der Waals surface area contributed by atoms with Crippen LogP contribution in [0.4, 0.5) is 0 Å². The molecule has 0 aliphatic heterocycles. The van der Waals surface area contributed by atoms with Crippen molar-refractivity contribution in [2.45, 2.75) is 60.5 Å². The van der Waals surface area contributed by atoms with E-state index in [9.17, 15) is 29.1 Å². The number of carbonyl (C=O) groups is 5. The van der Waals surface area contributed by atoms with Gasteiger partial charge < -0.3 is 24.1 Å². The average molecular weight is 559 g/mol. The number of ketones is 1. The SMILES string of the molecule is COC(=O)CC(=O)c1ccc(OC(=O)C(C)(C)C)cc1.COC(=O)CC(O)c1ccc(OC(=O)C(C)(C)C)cc1. The minimum Gasteiger partial charge on any atom is -0.469 e. The molecular weight excluding hydrogens is 520 g/mol. The van der Waals surface area contributed by atoms with Crippen LogP contribution < -0.4 is 9.47 Å². The van der Waals surface area contributed by atoms with Crippen molar-refractivity contribution < 1.29 is 48.0 Å². The number of carbonyl (C=O) groups excluding carboxylic acids is 5. The van der Waals surface area contributed by atoms with Crippen molar-refractivity contribution in [1.29, 1.82) is 0 Å². The molecule has 0 saturated heterocycles. The topological polar surface area (TPSA) is 143 Å². The highest BCUT2D eigenvalue weighted by atomic mass is 16.5. The number of esters is 4. The molecule has 0 radical (unpaired) electrons. The first-order chi connectivity index (χ1) is 18.5. The second kappa shape index (κ2) is 14.9. The third-order valence-electron chi connectivity index (χ3n) is 5.21. The zero-order valence-corrected chi connectivity index (χ0v) is 24.2. The number of hydrogen-bond acceptors (Lipinski definition) is 10. The normalized spacial score (nSPS) is 11.7. The van der Waals surface area contributed by atoms with E-state index in [0.717, 1.165) is 0 Å². The summed E-state index contributed by atoms with van der Waals surface area (Å²) in [6, 6.07) is 12.5. The molecule has 0 aliphatic rings. The molecule has 0 fully saturated rings. The van der Waals surface area contributed by atoms with Crippen LogP contribution in [0.5, 0.6) is 11.5 Å². The highest BCUT2D eigenvalue weighted by molar-refractivity contribution is 6.06. The van der Waals surface area contributed by atoms with E-state index >= 15 is 0 Å². The molecule has 10 nitrogen and oxygen atoms in total. The molecule has 2 aromatic rings. The summed E-state index contributed by atoms with van der Waals surface area (Å²) < 4.78 is 19.3. The van der Waals surface area contributed by atoms with Crippen LogP contribution in [0.25, 0.3) is 0 Å². The van der Waals surface area contributed by atoms with E-state index in [0.29, 0.717) is 22.6 Å². The van der Waals surface area contributed by atoms with E-state index in [-0.39, 0.29) is 30.6 Å². The van der Waals surface area contributed by atoms with Crippen LogP contribution in [0.15, 0.2) is 48.5 Å². The molecule has 1 unspecified atom stereocenters. The van der Waals surface area contributed by atoms with Gasteiger partial charge in [0.15, 0.2) is 5.78 Å². The number of methoxy groups -OCH3 is 2.